The van der Waals surface area contributed by atoms with E-state index in [1.165, 1.54) is 37.0 Å². The first-order chi connectivity index (χ1) is 10.3. The van der Waals surface area contributed by atoms with E-state index in [2.05, 4.69) is 22.0 Å². The standard InChI is InChI=1S/C18H22BrNO/c19-12-5-1-2-6-13-20-17(14-8-7-9-14)15-10-3-4-11-16(15)18(20)21/h3-4,10-11H,1-2,5-9,12-13H2. The van der Waals surface area contributed by atoms with E-state index in [4.69, 9.17) is 0 Å². The molecule has 1 aromatic carbocycles. The summed E-state index contributed by atoms with van der Waals surface area (Å²) in [6, 6.07) is 8.10. The van der Waals surface area contributed by atoms with Gasteiger partial charge < -0.3 is 4.90 Å². The lowest BCUT2D eigenvalue weighted by atomic mass is 9.88. The third-order valence-electron chi connectivity index (χ3n) is 4.49. The van der Waals surface area contributed by atoms with Crippen molar-refractivity contribution in [1.82, 2.24) is 4.90 Å². The van der Waals surface area contributed by atoms with Crippen molar-refractivity contribution in [3.8, 4) is 0 Å². The maximum Gasteiger partial charge on any atom is 0.258 e. The van der Waals surface area contributed by atoms with Crippen molar-refractivity contribution in [2.45, 2.75) is 44.9 Å². The van der Waals surface area contributed by atoms with Gasteiger partial charge in [0.25, 0.3) is 5.91 Å². The van der Waals surface area contributed by atoms with Crippen molar-refractivity contribution in [1.29, 1.82) is 0 Å². The van der Waals surface area contributed by atoms with Crippen LogP contribution in [0, 0.1) is 0 Å². The Morgan fingerprint density at radius 3 is 2.38 bits per heavy atom. The van der Waals surface area contributed by atoms with E-state index >= 15 is 0 Å². The monoisotopic (exact) mass is 347 g/mol. The fraction of sp³-hybridized carbons (Fsp3) is 0.500. The Hall–Kier alpha value is -1.09. The van der Waals surface area contributed by atoms with Crippen LogP contribution < -0.4 is 0 Å². The van der Waals surface area contributed by atoms with Gasteiger partial charge in [-0.05, 0) is 43.7 Å². The van der Waals surface area contributed by atoms with Crippen molar-refractivity contribution in [3.63, 3.8) is 0 Å². The minimum absolute atomic E-state index is 0.209. The molecule has 0 unspecified atom stereocenters. The highest BCUT2D eigenvalue weighted by molar-refractivity contribution is 9.09. The first kappa shape index (κ1) is 14.8. The van der Waals surface area contributed by atoms with Gasteiger partial charge in [-0.15, -0.1) is 0 Å². The summed E-state index contributed by atoms with van der Waals surface area (Å²) in [5, 5.41) is 1.08. The van der Waals surface area contributed by atoms with Crippen molar-refractivity contribution in [2.24, 2.45) is 0 Å². The van der Waals surface area contributed by atoms with E-state index in [1.54, 1.807) is 0 Å². The molecular formula is C18H22BrNO. The zero-order valence-electron chi connectivity index (χ0n) is 12.4. The molecule has 0 N–H and O–H groups in total. The molecule has 0 spiro atoms. The molecule has 0 bridgehead atoms. The highest BCUT2D eigenvalue weighted by Gasteiger charge is 2.34. The van der Waals surface area contributed by atoms with E-state index < -0.39 is 0 Å². The number of fused-ring (bicyclic) bond motifs is 1. The minimum atomic E-state index is 0.209. The van der Waals surface area contributed by atoms with Gasteiger partial charge >= 0.3 is 0 Å². The number of carbonyl (C=O) groups excluding carboxylic acids is 1. The first-order valence-electron chi connectivity index (χ1n) is 8.02. The van der Waals surface area contributed by atoms with Crippen molar-refractivity contribution in [3.05, 3.63) is 41.0 Å². The van der Waals surface area contributed by atoms with Crippen LogP contribution >= 0.6 is 15.9 Å². The number of benzene rings is 1. The normalized spacial score (nSPS) is 17.2. The predicted octanol–water partition coefficient (Wildman–Crippen LogP) is 4.99. The first-order valence-corrected chi connectivity index (χ1v) is 9.14. The number of amides is 1. The zero-order valence-corrected chi connectivity index (χ0v) is 14.0. The van der Waals surface area contributed by atoms with Gasteiger partial charge in [0, 0.05) is 23.0 Å². The van der Waals surface area contributed by atoms with Gasteiger partial charge in [-0.3, -0.25) is 4.79 Å². The second-order valence-electron chi connectivity index (χ2n) is 5.91. The van der Waals surface area contributed by atoms with Crippen LogP contribution in [0.3, 0.4) is 0 Å². The Balaban J connectivity index is 1.75. The number of rotatable bonds is 6. The van der Waals surface area contributed by atoms with E-state index in [-0.39, 0.29) is 5.91 Å². The van der Waals surface area contributed by atoms with Gasteiger partial charge in [-0.1, -0.05) is 47.0 Å². The molecule has 1 saturated carbocycles. The lowest BCUT2D eigenvalue weighted by molar-refractivity contribution is 0.0847. The fourth-order valence-corrected chi connectivity index (χ4v) is 3.57. The summed E-state index contributed by atoms with van der Waals surface area (Å²) in [5.74, 6) is 0.209. The molecule has 1 aliphatic heterocycles. The molecule has 112 valence electrons. The molecular weight excluding hydrogens is 326 g/mol. The van der Waals surface area contributed by atoms with Crippen LogP contribution in [0.15, 0.2) is 29.8 Å². The predicted molar refractivity (Wildman–Crippen MR) is 90.5 cm³/mol. The number of halogens is 1. The summed E-state index contributed by atoms with van der Waals surface area (Å²) in [6.45, 7) is 0.870. The highest BCUT2D eigenvalue weighted by atomic mass is 79.9. The Labute approximate surface area is 135 Å². The largest absolute Gasteiger partial charge is 0.308 e. The quantitative estimate of drug-likeness (QED) is 0.524. The number of alkyl halides is 1. The third-order valence-corrected chi connectivity index (χ3v) is 5.05. The Bertz CT molecular complexity index is 558. The van der Waals surface area contributed by atoms with E-state index in [9.17, 15) is 4.79 Å². The van der Waals surface area contributed by atoms with Crippen molar-refractivity contribution < 1.29 is 4.79 Å². The second-order valence-corrected chi connectivity index (χ2v) is 6.70. The molecule has 0 saturated heterocycles. The molecule has 1 aliphatic carbocycles. The number of nitrogens with zero attached hydrogens (tertiary/aromatic N) is 1. The number of allylic oxidation sites excluding steroid dienone is 1. The molecule has 3 rings (SSSR count). The van der Waals surface area contributed by atoms with Crippen LogP contribution in [-0.4, -0.2) is 22.7 Å². The number of carbonyl (C=O) groups is 1. The Morgan fingerprint density at radius 2 is 1.71 bits per heavy atom. The fourth-order valence-electron chi connectivity index (χ4n) is 3.17. The molecule has 1 fully saturated rings. The number of unbranched alkanes of at least 4 members (excludes halogenated alkanes) is 3. The van der Waals surface area contributed by atoms with E-state index in [0.29, 0.717) is 0 Å². The van der Waals surface area contributed by atoms with E-state index in [0.717, 1.165) is 42.3 Å². The highest BCUT2D eigenvalue weighted by Crippen LogP contribution is 2.41. The van der Waals surface area contributed by atoms with Crippen LogP contribution in [0.2, 0.25) is 0 Å². The molecule has 1 heterocycles. The van der Waals surface area contributed by atoms with Crippen LogP contribution in [0.25, 0.3) is 5.70 Å². The minimum Gasteiger partial charge on any atom is -0.308 e. The molecule has 2 nitrogen and oxygen atoms in total. The van der Waals surface area contributed by atoms with Gasteiger partial charge in [0.15, 0.2) is 0 Å². The summed E-state index contributed by atoms with van der Waals surface area (Å²) in [6.07, 6.45) is 8.37. The molecule has 1 aromatic rings. The smallest absolute Gasteiger partial charge is 0.258 e. The van der Waals surface area contributed by atoms with Crippen LogP contribution in [-0.2, 0) is 0 Å². The Kier molecular flexibility index (Phi) is 4.79. The summed E-state index contributed by atoms with van der Waals surface area (Å²) >= 11 is 3.47. The zero-order chi connectivity index (χ0) is 14.7. The van der Waals surface area contributed by atoms with Gasteiger partial charge in [-0.25, -0.2) is 0 Å². The summed E-state index contributed by atoms with van der Waals surface area (Å²) in [4.78, 5) is 14.7. The second kappa shape index (κ2) is 6.78. The molecule has 0 radical (unpaired) electrons. The molecule has 0 atom stereocenters. The number of hydrogen-bond donors (Lipinski definition) is 0. The summed E-state index contributed by atoms with van der Waals surface area (Å²) in [7, 11) is 0. The van der Waals surface area contributed by atoms with Crippen LogP contribution in [0.5, 0.6) is 0 Å². The molecule has 0 aromatic heterocycles. The lowest BCUT2D eigenvalue weighted by Crippen LogP contribution is -2.26. The summed E-state index contributed by atoms with van der Waals surface area (Å²) in [5.41, 5.74) is 4.78. The molecule has 3 heteroatoms. The maximum atomic E-state index is 12.7. The van der Waals surface area contributed by atoms with Gasteiger partial charge in [0.2, 0.25) is 0 Å². The molecule has 21 heavy (non-hydrogen) atoms. The van der Waals surface area contributed by atoms with Gasteiger partial charge in [0.05, 0.1) is 5.70 Å². The molecule has 1 amide bonds. The summed E-state index contributed by atoms with van der Waals surface area (Å²) < 4.78 is 0. The Morgan fingerprint density at radius 1 is 1.00 bits per heavy atom. The maximum absolute atomic E-state index is 12.7. The van der Waals surface area contributed by atoms with Gasteiger partial charge in [0.1, 0.15) is 0 Å². The SMILES string of the molecule is O=C1c2ccccc2C(=C2CCC2)N1CCCCCCBr. The van der Waals surface area contributed by atoms with Crippen LogP contribution in [0.1, 0.15) is 60.9 Å². The number of hydrogen-bond acceptors (Lipinski definition) is 1. The average molecular weight is 348 g/mol. The van der Waals surface area contributed by atoms with Gasteiger partial charge in [-0.2, -0.15) is 0 Å². The van der Waals surface area contributed by atoms with E-state index in [1.807, 2.05) is 23.1 Å². The average Bonchev–Trinajstić information content (AvgIpc) is 2.72. The third kappa shape index (κ3) is 2.94. The topological polar surface area (TPSA) is 20.3 Å². The lowest BCUT2D eigenvalue weighted by Gasteiger charge is -2.26. The van der Waals surface area contributed by atoms with Crippen LogP contribution in [0.4, 0.5) is 0 Å². The molecule has 2 aliphatic rings. The van der Waals surface area contributed by atoms with Crippen molar-refractivity contribution in [2.75, 3.05) is 11.9 Å². The van der Waals surface area contributed by atoms with Crippen molar-refractivity contribution >= 4 is 27.5 Å².